The smallest absolute Gasteiger partial charge is 0.0726 e. The van der Waals surface area contributed by atoms with Gasteiger partial charge >= 0.3 is 0 Å². The first-order valence-corrected chi connectivity index (χ1v) is 4.90. The summed E-state index contributed by atoms with van der Waals surface area (Å²) in [6, 6.07) is 0. The molecule has 0 bridgehead atoms. The molecular weight excluding hydrogens is 186 g/mol. The molecule has 0 saturated carbocycles. The third-order valence-electron chi connectivity index (χ3n) is 2.30. The Kier molecular flexibility index (Phi) is 3.61. The summed E-state index contributed by atoms with van der Waals surface area (Å²) >= 11 is 0. The van der Waals surface area contributed by atoms with Crippen molar-refractivity contribution in [2.75, 3.05) is 0 Å². The predicted molar refractivity (Wildman–Crippen MR) is 63.3 cm³/mol. The molecule has 1 rings (SSSR count). The van der Waals surface area contributed by atoms with Crippen LogP contribution >= 0.6 is 0 Å². The summed E-state index contributed by atoms with van der Waals surface area (Å²) in [4.78, 5) is 0. The summed E-state index contributed by atoms with van der Waals surface area (Å²) in [7, 11) is 0. The van der Waals surface area contributed by atoms with E-state index in [0.717, 1.165) is 29.0 Å². The Bertz CT molecular complexity index is 410. The largest absolute Gasteiger partial charge is 0.223 e. The molecule has 0 atom stereocenters. The van der Waals surface area contributed by atoms with Crippen LogP contribution in [0.3, 0.4) is 0 Å². The van der Waals surface area contributed by atoms with Crippen molar-refractivity contribution in [3.05, 3.63) is 42.3 Å². The van der Waals surface area contributed by atoms with E-state index in [-0.39, 0.29) is 0 Å². The molecule has 0 saturated heterocycles. The average Bonchev–Trinajstić information content (AvgIpc) is 2.60. The maximum absolute atomic E-state index is 3.98. The Labute approximate surface area is 90.8 Å². The number of aromatic nitrogens is 3. The number of allylic oxidation sites excluding steroid dienone is 4. The number of nitrogens with zero attached hydrogens (tertiary/aromatic N) is 3. The third kappa shape index (κ3) is 2.91. The lowest BCUT2D eigenvalue weighted by atomic mass is 10.1. The Morgan fingerprint density at radius 2 is 2.13 bits per heavy atom. The Morgan fingerprint density at radius 1 is 1.47 bits per heavy atom. The lowest BCUT2D eigenvalue weighted by Crippen LogP contribution is -1.98. The van der Waals surface area contributed by atoms with Crippen molar-refractivity contribution in [1.29, 1.82) is 0 Å². The van der Waals surface area contributed by atoms with Crippen molar-refractivity contribution in [1.82, 2.24) is 15.0 Å². The van der Waals surface area contributed by atoms with Crippen molar-refractivity contribution in [2.45, 2.75) is 27.2 Å². The molecule has 0 aliphatic carbocycles. The van der Waals surface area contributed by atoms with Crippen LogP contribution in [0, 0.1) is 6.92 Å². The average molecular weight is 203 g/mol. The molecule has 0 aromatic carbocycles. The molecule has 0 N–H and O–H groups in total. The summed E-state index contributed by atoms with van der Waals surface area (Å²) < 4.78 is 1.81. The molecule has 1 aromatic heterocycles. The van der Waals surface area contributed by atoms with Gasteiger partial charge in [-0.1, -0.05) is 30.0 Å². The lowest BCUT2D eigenvalue weighted by Gasteiger charge is -2.04. The van der Waals surface area contributed by atoms with Gasteiger partial charge in [0.1, 0.15) is 0 Å². The monoisotopic (exact) mass is 203 g/mol. The Hall–Kier alpha value is -1.64. The van der Waals surface area contributed by atoms with Gasteiger partial charge in [-0.25, -0.2) is 4.68 Å². The van der Waals surface area contributed by atoms with Crippen LogP contribution in [-0.4, -0.2) is 15.0 Å². The quantitative estimate of drug-likeness (QED) is 0.704. The number of hydrogen-bond acceptors (Lipinski definition) is 2. The first-order valence-electron chi connectivity index (χ1n) is 4.90. The molecule has 1 aromatic rings. The van der Waals surface area contributed by atoms with E-state index >= 15 is 0 Å². The van der Waals surface area contributed by atoms with Gasteiger partial charge in [-0.3, -0.25) is 0 Å². The highest BCUT2D eigenvalue weighted by atomic mass is 15.4. The van der Waals surface area contributed by atoms with Gasteiger partial charge < -0.3 is 0 Å². The summed E-state index contributed by atoms with van der Waals surface area (Å²) in [6.07, 6.45) is 4.63. The highest BCUT2D eigenvalue weighted by Crippen LogP contribution is 2.13. The van der Waals surface area contributed by atoms with Gasteiger partial charge in [0.25, 0.3) is 0 Å². The van der Waals surface area contributed by atoms with Crippen LogP contribution in [0.4, 0.5) is 0 Å². The topological polar surface area (TPSA) is 30.7 Å². The van der Waals surface area contributed by atoms with Crippen LogP contribution in [0.5, 0.6) is 0 Å². The number of aryl methyl sites for hydroxylation is 1. The van der Waals surface area contributed by atoms with Gasteiger partial charge in [0.15, 0.2) is 0 Å². The van der Waals surface area contributed by atoms with Gasteiger partial charge in [-0.15, -0.1) is 5.10 Å². The fourth-order valence-corrected chi connectivity index (χ4v) is 1.17. The normalized spacial score (nSPS) is 11.5. The minimum atomic E-state index is 0.806. The lowest BCUT2D eigenvalue weighted by molar-refractivity contribution is 0.794. The summed E-state index contributed by atoms with van der Waals surface area (Å²) in [6.45, 7) is 13.7. The number of hydrogen-bond donors (Lipinski definition) is 0. The molecule has 0 spiro atoms. The summed E-state index contributed by atoms with van der Waals surface area (Å²) in [5, 5.41) is 7.82. The van der Waals surface area contributed by atoms with E-state index in [0.29, 0.717) is 0 Å². The second-order valence-electron chi connectivity index (χ2n) is 3.72. The van der Waals surface area contributed by atoms with Crippen LogP contribution in [0.15, 0.2) is 36.6 Å². The zero-order chi connectivity index (χ0) is 11.4. The van der Waals surface area contributed by atoms with E-state index in [4.69, 9.17) is 0 Å². The Morgan fingerprint density at radius 3 is 2.60 bits per heavy atom. The molecule has 0 radical (unpaired) electrons. The maximum atomic E-state index is 3.98. The van der Waals surface area contributed by atoms with E-state index < -0.39 is 0 Å². The standard InChI is InChI=1S/C12H17N3/c1-9(2)10(3)6-7-11(4)15-12(5)8-13-14-15/h7-8H,1,3,6H2,2,4-5H3/b11-7-. The van der Waals surface area contributed by atoms with E-state index in [1.54, 1.807) is 6.20 Å². The van der Waals surface area contributed by atoms with E-state index in [2.05, 4.69) is 29.5 Å². The van der Waals surface area contributed by atoms with Crippen molar-refractivity contribution in [2.24, 2.45) is 0 Å². The van der Waals surface area contributed by atoms with Crippen LogP contribution < -0.4 is 0 Å². The van der Waals surface area contributed by atoms with Crippen LogP contribution in [-0.2, 0) is 0 Å². The first-order chi connectivity index (χ1) is 7.02. The predicted octanol–water partition coefficient (Wildman–Crippen LogP) is 2.97. The number of rotatable bonds is 4. The van der Waals surface area contributed by atoms with E-state index in [1.165, 1.54) is 0 Å². The van der Waals surface area contributed by atoms with Crippen molar-refractivity contribution < 1.29 is 0 Å². The SMILES string of the molecule is C=C(C)C(=C)C/C=C(/C)n1nncc1C. The molecule has 3 nitrogen and oxygen atoms in total. The van der Waals surface area contributed by atoms with Gasteiger partial charge in [0.2, 0.25) is 0 Å². The molecule has 15 heavy (non-hydrogen) atoms. The highest BCUT2D eigenvalue weighted by Gasteiger charge is 2.00. The van der Waals surface area contributed by atoms with Crippen molar-refractivity contribution in [3.63, 3.8) is 0 Å². The second-order valence-corrected chi connectivity index (χ2v) is 3.72. The molecule has 0 aliphatic heterocycles. The minimum absolute atomic E-state index is 0.806. The Balaban J connectivity index is 2.73. The van der Waals surface area contributed by atoms with Crippen molar-refractivity contribution in [3.8, 4) is 0 Å². The van der Waals surface area contributed by atoms with Gasteiger partial charge in [0.05, 0.1) is 11.9 Å². The van der Waals surface area contributed by atoms with Crippen molar-refractivity contribution >= 4 is 5.70 Å². The van der Waals surface area contributed by atoms with Crippen LogP contribution in [0.2, 0.25) is 0 Å². The zero-order valence-electron chi connectivity index (χ0n) is 9.62. The second kappa shape index (κ2) is 4.73. The van der Waals surface area contributed by atoms with E-state index in [9.17, 15) is 0 Å². The summed E-state index contributed by atoms with van der Waals surface area (Å²) in [5.41, 5.74) is 4.17. The first kappa shape index (κ1) is 11.4. The summed E-state index contributed by atoms with van der Waals surface area (Å²) in [5.74, 6) is 0. The van der Waals surface area contributed by atoms with Gasteiger partial charge in [0, 0.05) is 5.70 Å². The molecule has 0 unspecified atom stereocenters. The zero-order valence-corrected chi connectivity index (χ0v) is 9.62. The molecule has 0 fully saturated rings. The van der Waals surface area contributed by atoms with Crippen LogP contribution in [0.25, 0.3) is 5.70 Å². The van der Waals surface area contributed by atoms with Gasteiger partial charge in [-0.05, 0) is 32.8 Å². The minimum Gasteiger partial charge on any atom is -0.223 e. The van der Waals surface area contributed by atoms with Crippen LogP contribution in [0.1, 0.15) is 26.0 Å². The molecule has 0 amide bonds. The fraction of sp³-hybridized carbons (Fsp3) is 0.333. The molecule has 80 valence electrons. The highest BCUT2D eigenvalue weighted by molar-refractivity contribution is 5.43. The maximum Gasteiger partial charge on any atom is 0.0726 e. The molecule has 1 heterocycles. The molecule has 3 heteroatoms. The fourth-order valence-electron chi connectivity index (χ4n) is 1.17. The van der Waals surface area contributed by atoms with E-state index in [1.807, 2.05) is 25.5 Å². The molecular formula is C12H17N3. The third-order valence-corrected chi connectivity index (χ3v) is 2.30. The van der Waals surface area contributed by atoms with Gasteiger partial charge in [-0.2, -0.15) is 0 Å². The molecule has 0 aliphatic rings.